The van der Waals surface area contributed by atoms with Crippen LogP contribution in [0.5, 0.6) is 0 Å². The lowest BCUT2D eigenvalue weighted by Gasteiger charge is -2.40. The zero-order valence-electron chi connectivity index (χ0n) is 14.6. The van der Waals surface area contributed by atoms with Crippen molar-refractivity contribution in [3.63, 3.8) is 0 Å². The summed E-state index contributed by atoms with van der Waals surface area (Å²) in [6, 6.07) is 4.25. The van der Waals surface area contributed by atoms with Gasteiger partial charge in [-0.15, -0.1) is 11.3 Å². The Morgan fingerprint density at radius 2 is 1.96 bits per heavy atom. The normalized spacial score (nSPS) is 16.7. The van der Waals surface area contributed by atoms with Gasteiger partial charge in [-0.3, -0.25) is 14.4 Å². The fourth-order valence-corrected chi connectivity index (χ4v) is 3.96. The SMILES string of the molecule is O=C(O)CCCCCCN1C(=O)C[C@@H]1CCCC(=O)Cc1cccs1. The molecule has 138 valence electrons. The number of carbonyl (C=O) groups excluding carboxylic acids is 2. The van der Waals surface area contributed by atoms with Crippen LogP contribution in [-0.2, 0) is 20.8 Å². The van der Waals surface area contributed by atoms with Crippen LogP contribution in [0.3, 0.4) is 0 Å². The lowest BCUT2D eigenvalue weighted by atomic mass is 9.94. The van der Waals surface area contributed by atoms with Crippen LogP contribution >= 0.6 is 11.3 Å². The van der Waals surface area contributed by atoms with Crippen molar-refractivity contribution in [2.75, 3.05) is 6.54 Å². The first-order valence-electron chi connectivity index (χ1n) is 9.11. The van der Waals surface area contributed by atoms with Crippen molar-refractivity contribution in [2.45, 2.75) is 70.3 Å². The molecule has 1 aliphatic rings. The molecule has 5 nitrogen and oxygen atoms in total. The van der Waals surface area contributed by atoms with Crippen molar-refractivity contribution in [1.82, 2.24) is 4.90 Å². The van der Waals surface area contributed by atoms with Gasteiger partial charge in [-0.25, -0.2) is 0 Å². The van der Waals surface area contributed by atoms with Gasteiger partial charge in [-0.05, 0) is 37.1 Å². The first-order chi connectivity index (χ1) is 12.1. The molecule has 0 aromatic carbocycles. The second-order valence-electron chi connectivity index (χ2n) is 6.69. The Morgan fingerprint density at radius 3 is 2.64 bits per heavy atom. The zero-order chi connectivity index (χ0) is 18.1. The lowest BCUT2D eigenvalue weighted by molar-refractivity contribution is -0.146. The number of ketones is 1. The van der Waals surface area contributed by atoms with Crippen molar-refractivity contribution in [3.8, 4) is 0 Å². The number of β-lactam (4-membered cyclic amide) rings is 1. The summed E-state index contributed by atoms with van der Waals surface area (Å²) in [6.45, 7) is 0.764. The molecule has 0 aliphatic carbocycles. The number of likely N-dealkylation sites (tertiary alicyclic amines) is 1. The molecule has 1 aromatic rings. The highest BCUT2D eigenvalue weighted by Gasteiger charge is 2.34. The van der Waals surface area contributed by atoms with Gasteiger partial charge in [0, 0.05) is 43.1 Å². The molecular weight excluding hydrogens is 338 g/mol. The molecule has 2 heterocycles. The number of amides is 1. The molecule has 1 N–H and O–H groups in total. The van der Waals surface area contributed by atoms with Gasteiger partial charge < -0.3 is 10.0 Å². The summed E-state index contributed by atoms with van der Waals surface area (Å²) in [5, 5.41) is 10.6. The van der Waals surface area contributed by atoms with Crippen LogP contribution in [0.2, 0.25) is 0 Å². The van der Waals surface area contributed by atoms with Crippen molar-refractivity contribution in [3.05, 3.63) is 22.4 Å². The minimum Gasteiger partial charge on any atom is -0.481 e. The number of carbonyl (C=O) groups is 3. The van der Waals surface area contributed by atoms with E-state index in [1.165, 1.54) is 0 Å². The number of unbranched alkanes of at least 4 members (excludes halogenated alkanes) is 3. The Balaban J connectivity index is 1.55. The zero-order valence-corrected chi connectivity index (χ0v) is 15.4. The van der Waals surface area contributed by atoms with Crippen molar-refractivity contribution < 1.29 is 19.5 Å². The van der Waals surface area contributed by atoms with E-state index in [4.69, 9.17) is 5.11 Å². The monoisotopic (exact) mass is 365 g/mol. The second kappa shape index (κ2) is 10.3. The summed E-state index contributed by atoms with van der Waals surface area (Å²) >= 11 is 1.62. The van der Waals surface area contributed by atoms with Gasteiger partial charge in [0.1, 0.15) is 5.78 Å². The number of hydrogen-bond donors (Lipinski definition) is 1. The molecule has 0 radical (unpaired) electrons. The summed E-state index contributed by atoms with van der Waals surface area (Å²) in [5.74, 6) is -0.259. The van der Waals surface area contributed by atoms with Crippen LogP contribution < -0.4 is 0 Å². The summed E-state index contributed by atoms with van der Waals surface area (Å²) in [7, 11) is 0. The van der Waals surface area contributed by atoms with Gasteiger partial charge in [0.05, 0.1) is 0 Å². The molecule has 1 fully saturated rings. The van der Waals surface area contributed by atoms with Crippen molar-refractivity contribution in [1.29, 1.82) is 0 Å². The highest BCUT2D eigenvalue weighted by atomic mass is 32.1. The van der Waals surface area contributed by atoms with Crippen LogP contribution in [0.15, 0.2) is 17.5 Å². The number of carboxylic acids is 1. The topological polar surface area (TPSA) is 74.7 Å². The number of thiophene rings is 1. The van der Waals surface area contributed by atoms with Crippen molar-refractivity contribution in [2.24, 2.45) is 0 Å². The maximum Gasteiger partial charge on any atom is 0.303 e. The maximum atomic E-state index is 11.9. The summed E-state index contributed by atoms with van der Waals surface area (Å²) in [4.78, 5) is 37.2. The molecule has 25 heavy (non-hydrogen) atoms. The number of hydrogen-bond acceptors (Lipinski definition) is 4. The van der Waals surface area contributed by atoms with Gasteiger partial charge in [0.2, 0.25) is 5.91 Å². The van der Waals surface area contributed by atoms with Gasteiger partial charge in [-0.1, -0.05) is 18.9 Å². The number of aliphatic carboxylic acids is 1. The van der Waals surface area contributed by atoms with Gasteiger partial charge >= 0.3 is 5.97 Å². The number of rotatable bonds is 13. The smallest absolute Gasteiger partial charge is 0.303 e. The minimum absolute atomic E-state index is 0.209. The Kier molecular flexibility index (Phi) is 8.12. The average molecular weight is 365 g/mol. The third-order valence-electron chi connectivity index (χ3n) is 4.66. The molecule has 1 amide bonds. The molecule has 0 bridgehead atoms. The van der Waals surface area contributed by atoms with Gasteiger partial charge in [-0.2, -0.15) is 0 Å². The highest BCUT2D eigenvalue weighted by molar-refractivity contribution is 7.10. The van der Waals surface area contributed by atoms with Gasteiger partial charge in [0.15, 0.2) is 0 Å². The molecule has 6 heteroatoms. The first-order valence-corrected chi connectivity index (χ1v) is 9.99. The van der Waals surface area contributed by atoms with E-state index in [2.05, 4.69) is 0 Å². The Labute approximate surface area is 153 Å². The standard InChI is InChI=1S/C19H27NO4S/c21-16(14-17-9-6-12-25-17)8-5-7-15-13-18(22)20(15)11-4-2-1-3-10-19(23)24/h6,9,12,15H,1-5,7-8,10-11,13-14H2,(H,23,24)/t15-/m0/s1. The van der Waals surface area contributed by atoms with E-state index >= 15 is 0 Å². The fraction of sp³-hybridized carbons (Fsp3) is 0.632. The number of carboxylic acid groups (broad SMARTS) is 1. The first kappa shape index (κ1) is 19.6. The summed E-state index contributed by atoms with van der Waals surface area (Å²) in [6.07, 6.45) is 7.20. The molecule has 1 atom stereocenters. The van der Waals surface area contributed by atoms with Gasteiger partial charge in [0.25, 0.3) is 0 Å². The molecule has 1 saturated heterocycles. The largest absolute Gasteiger partial charge is 0.481 e. The summed E-state index contributed by atoms with van der Waals surface area (Å²) in [5.41, 5.74) is 0. The molecule has 2 rings (SSSR count). The lowest BCUT2D eigenvalue weighted by Crippen LogP contribution is -2.52. The predicted molar refractivity (Wildman–Crippen MR) is 97.7 cm³/mol. The third-order valence-corrected chi connectivity index (χ3v) is 5.53. The van der Waals surface area contributed by atoms with Crippen LogP contribution in [0.1, 0.15) is 62.7 Å². The Bertz CT molecular complexity index is 570. The molecule has 0 saturated carbocycles. The molecule has 0 unspecified atom stereocenters. The Hall–Kier alpha value is -1.69. The quantitative estimate of drug-likeness (QED) is 0.427. The van der Waals surface area contributed by atoms with Crippen LogP contribution in [0, 0.1) is 0 Å². The van der Waals surface area contributed by atoms with E-state index in [1.807, 2.05) is 22.4 Å². The number of Topliss-reactive ketones (excluding diaryl/α,β-unsaturated/α-hetero) is 1. The highest BCUT2D eigenvalue weighted by Crippen LogP contribution is 2.25. The fourth-order valence-electron chi connectivity index (χ4n) is 3.23. The summed E-state index contributed by atoms with van der Waals surface area (Å²) < 4.78 is 0. The van der Waals surface area contributed by atoms with E-state index in [-0.39, 0.29) is 18.1 Å². The second-order valence-corrected chi connectivity index (χ2v) is 7.72. The Morgan fingerprint density at radius 1 is 1.16 bits per heavy atom. The van der Waals surface area contributed by atoms with E-state index in [9.17, 15) is 14.4 Å². The molecule has 1 aromatic heterocycles. The average Bonchev–Trinajstić information content (AvgIpc) is 3.05. The third kappa shape index (κ3) is 6.98. The van der Waals surface area contributed by atoms with E-state index < -0.39 is 5.97 Å². The molecule has 1 aliphatic heterocycles. The maximum absolute atomic E-state index is 11.9. The van der Waals surface area contributed by atoms with Crippen LogP contribution in [0.4, 0.5) is 0 Å². The molecule has 0 spiro atoms. The van der Waals surface area contributed by atoms with Crippen LogP contribution in [0.25, 0.3) is 0 Å². The van der Waals surface area contributed by atoms with Crippen LogP contribution in [-0.4, -0.2) is 40.3 Å². The minimum atomic E-state index is -0.744. The van der Waals surface area contributed by atoms with Crippen molar-refractivity contribution >= 4 is 29.0 Å². The predicted octanol–water partition coefficient (Wildman–Crippen LogP) is 3.67. The van der Waals surface area contributed by atoms with E-state index in [1.54, 1.807) is 11.3 Å². The number of nitrogens with zero attached hydrogens (tertiary/aromatic N) is 1. The molecular formula is C19H27NO4S. The van der Waals surface area contributed by atoms with E-state index in [0.29, 0.717) is 31.7 Å². The van der Waals surface area contributed by atoms with E-state index in [0.717, 1.165) is 43.5 Å².